The van der Waals surface area contributed by atoms with E-state index in [2.05, 4.69) is 16.2 Å². The van der Waals surface area contributed by atoms with Gasteiger partial charge in [0.1, 0.15) is 12.4 Å². The number of hydrogen-bond donors (Lipinski definition) is 1. The molecule has 1 aromatic rings. The molecule has 0 atom stereocenters. The fourth-order valence-corrected chi connectivity index (χ4v) is 1.24. The Hall–Kier alpha value is -2.29. The van der Waals surface area contributed by atoms with Crippen molar-refractivity contribution in [2.75, 3.05) is 18.5 Å². The van der Waals surface area contributed by atoms with Crippen molar-refractivity contribution in [3.8, 4) is 18.2 Å². The molecule has 0 saturated carbocycles. The lowest BCUT2D eigenvalue weighted by Gasteiger charge is -2.07. The van der Waals surface area contributed by atoms with E-state index in [1.807, 2.05) is 6.92 Å². The summed E-state index contributed by atoms with van der Waals surface area (Å²) in [5.74, 6) is 2.95. The Morgan fingerprint density at radius 2 is 2.39 bits per heavy atom. The van der Waals surface area contributed by atoms with Gasteiger partial charge in [0.15, 0.2) is 0 Å². The van der Waals surface area contributed by atoms with E-state index in [1.165, 1.54) is 6.07 Å². The number of pyridine rings is 1. The Labute approximate surface area is 106 Å². The molecule has 0 unspecified atom stereocenters. The van der Waals surface area contributed by atoms with Crippen molar-refractivity contribution in [2.24, 2.45) is 0 Å². The minimum Gasteiger partial charge on any atom is -0.472 e. The molecule has 0 aromatic carbocycles. The van der Waals surface area contributed by atoms with Gasteiger partial charge in [-0.05, 0) is 12.5 Å². The van der Waals surface area contributed by atoms with Gasteiger partial charge in [0.2, 0.25) is 0 Å². The van der Waals surface area contributed by atoms with E-state index in [1.54, 1.807) is 6.07 Å². The van der Waals surface area contributed by atoms with Crippen LogP contribution in [0, 0.1) is 22.5 Å². The Balaban J connectivity index is 2.86. The van der Waals surface area contributed by atoms with Crippen LogP contribution in [0.4, 0.5) is 11.5 Å². The van der Waals surface area contributed by atoms with Gasteiger partial charge in [-0.15, -0.1) is 12.3 Å². The lowest BCUT2D eigenvalue weighted by Crippen LogP contribution is -2.06. The molecule has 0 saturated heterocycles. The molecule has 18 heavy (non-hydrogen) atoms. The van der Waals surface area contributed by atoms with Gasteiger partial charge in [0, 0.05) is 19.0 Å². The third-order valence-electron chi connectivity index (χ3n) is 2.08. The molecule has 0 bridgehead atoms. The number of aromatic nitrogens is 1. The molecule has 1 heterocycles. The highest BCUT2D eigenvalue weighted by molar-refractivity contribution is 5.49. The van der Waals surface area contributed by atoms with Crippen LogP contribution in [-0.2, 0) is 0 Å². The van der Waals surface area contributed by atoms with Crippen molar-refractivity contribution in [2.45, 2.75) is 19.8 Å². The number of ether oxygens (including phenoxy) is 1. The molecule has 0 amide bonds. The van der Waals surface area contributed by atoms with Gasteiger partial charge in [-0.25, -0.2) is 0 Å². The molecule has 0 fully saturated rings. The highest BCUT2D eigenvalue weighted by Crippen LogP contribution is 2.26. The van der Waals surface area contributed by atoms with Gasteiger partial charge in [0.25, 0.3) is 5.88 Å². The van der Waals surface area contributed by atoms with E-state index in [9.17, 15) is 10.1 Å². The molecule has 96 valence electrons. The normalized spacial score (nSPS) is 9.56. The quantitative estimate of drug-likeness (QED) is 0.347. The molecule has 6 nitrogen and oxygen atoms in total. The minimum atomic E-state index is -0.526. The molecule has 6 heteroatoms. The van der Waals surface area contributed by atoms with Crippen LogP contribution in [0.15, 0.2) is 12.1 Å². The maximum absolute atomic E-state index is 10.8. The molecule has 1 rings (SSSR count). The lowest BCUT2D eigenvalue weighted by atomic mass is 10.4. The summed E-state index contributed by atoms with van der Waals surface area (Å²) >= 11 is 0. The molecule has 0 aliphatic rings. The molecule has 0 aliphatic heterocycles. The summed E-state index contributed by atoms with van der Waals surface area (Å²) in [5.41, 5.74) is -0.158. The zero-order chi connectivity index (χ0) is 13.4. The maximum Gasteiger partial charge on any atom is 0.331 e. The molecule has 0 spiro atoms. The summed E-state index contributed by atoms with van der Waals surface area (Å²) < 4.78 is 5.22. The highest BCUT2D eigenvalue weighted by Gasteiger charge is 2.17. The van der Waals surface area contributed by atoms with Crippen molar-refractivity contribution in [1.29, 1.82) is 0 Å². The first-order valence-corrected chi connectivity index (χ1v) is 5.64. The molecule has 0 radical (unpaired) electrons. The largest absolute Gasteiger partial charge is 0.472 e. The first-order chi connectivity index (χ1) is 8.69. The Kier molecular flexibility index (Phi) is 5.45. The van der Waals surface area contributed by atoms with Crippen molar-refractivity contribution in [3.05, 3.63) is 22.2 Å². The third kappa shape index (κ3) is 3.94. The fraction of sp³-hybridized carbons (Fsp3) is 0.417. The van der Waals surface area contributed by atoms with E-state index >= 15 is 0 Å². The van der Waals surface area contributed by atoms with Gasteiger partial charge >= 0.3 is 5.69 Å². The zero-order valence-corrected chi connectivity index (χ0v) is 10.2. The first-order valence-electron chi connectivity index (χ1n) is 5.64. The van der Waals surface area contributed by atoms with E-state index < -0.39 is 4.92 Å². The monoisotopic (exact) mass is 249 g/mol. The van der Waals surface area contributed by atoms with Crippen LogP contribution in [0.2, 0.25) is 0 Å². The predicted octanol–water partition coefficient (Wildman–Crippen LogP) is 2.21. The number of terminal acetylenes is 1. The standard InChI is InChI=1S/C12H15N3O3/c1-3-5-9-18-12-10(15(16)17)6-7-11(14-12)13-8-4-2/h1,6-7H,4-5,8-9H2,2H3,(H,13,14). The van der Waals surface area contributed by atoms with E-state index in [0.29, 0.717) is 12.2 Å². The first kappa shape index (κ1) is 13.8. The topological polar surface area (TPSA) is 77.3 Å². The van der Waals surface area contributed by atoms with Crippen molar-refractivity contribution >= 4 is 11.5 Å². The van der Waals surface area contributed by atoms with E-state index in [0.717, 1.165) is 13.0 Å². The predicted molar refractivity (Wildman–Crippen MR) is 68.6 cm³/mol. The fourth-order valence-electron chi connectivity index (χ4n) is 1.24. The van der Waals surface area contributed by atoms with Crippen LogP contribution in [0.3, 0.4) is 0 Å². The van der Waals surface area contributed by atoms with Crippen molar-refractivity contribution < 1.29 is 9.66 Å². The number of hydrogen-bond acceptors (Lipinski definition) is 5. The van der Waals surface area contributed by atoms with Crippen LogP contribution in [-0.4, -0.2) is 23.1 Å². The van der Waals surface area contributed by atoms with Gasteiger partial charge in [-0.2, -0.15) is 4.98 Å². The van der Waals surface area contributed by atoms with Gasteiger partial charge in [-0.1, -0.05) is 6.92 Å². The number of nitrogens with zero attached hydrogens (tertiary/aromatic N) is 2. The number of rotatable bonds is 7. The van der Waals surface area contributed by atoms with E-state index in [-0.39, 0.29) is 18.2 Å². The van der Waals surface area contributed by atoms with E-state index in [4.69, 9.17) is 11.2 Å². The summed E-state index contributed by atoms with van der Waals surface area (Å²) in [4.78, 5) is 14.3. The van der Waals surface area contributed by atoms with Gasteiger partial charge < -0.3 is 10.1 Å². The Morgan fingerprint density at radius 3 is 3.00 bits per heavy atom. The van der Waals surface area contributed by atoms with Crippen LogP contribution in [0.5, 0.6) is 5.88 Å². The van der Waals surface area contributed by atoms with Crippen LogP contribution >= 0.6 is 0 Å². The molecule has 0 aliphatic carbocycles. The van der Waals surface area contributed by atoms with Crippen molar-refractivity contribution in [3.63, 3.8) is 0 Å². The molecular formula is C12H15N3O3. The zero-order valence-electron chi connectivity index (χ0n) is 10.2. The van der Waals surface area contributed by atoms with Gasteiger partial charge in [-0.3, -0.25) is 10.1 Å². The second kappa shape index (κ2) is 7.12. The average Bonchev–Trinajstić information content (AvgIpc) is 2.36. The molecule has 1 N–H and O–H groups in total. The number of nitro groups is 1. The summed E-state index contributed by atoms with van der Waals surface area (Å²) in [7, 11) is 0. The smallest absolute Gasteiger partial charge is 0.331 e. The number of nitrogens with one attached hydrogen (secondary N) is 1. The van der Waals surface area contributed by atoms with Crippen LogP contribution in [0.25, 0.3) is 0 Å². The highest BCUT2D eigenvalue weighted by atomic mass is 16.6. The molecule has 1 aromatic heterocycles. The second-order valence-corrected chi connectivity index (χ2v) is 3.51. The Bertz CT molecular complexity index is 454. The number of anilines is 1. The van der Waals surface area contributed by atoms with Crippen LogP contribution < -0.4 is 10.1 Å². The second-order valence-electron chi connectivity index (χ2n) is 3.51. The Morgan fingerprint density at radius 1 is 1.61 bits per heavy atom. The summed E-state index contributed by atoms with van der Waals surface area (Å²) in [6.07, 6.45) is 6.41. The third-order valence-corrected chi connectivity index (χ3v) is 2.08. The average molecular weight is 249 g/mol. The van der Waals surface area contributed by atoms with Gasteiger partial charge in [0.05, 0.1) is 4.92 Å². The minimum absolute atomic E-state index is 0.00338. The van der Waals surface area contributed by atoms with Crippen LogP contribution in [0.1, 0.15) is 19.8 Å². The van der Waals surface area contributed by atoms with Crippen molar-refractivity contribution in [1.82, 2.24) is 4.98 Å². The summed E-state index contributed by atoms with van der Waals surface area (Å²) in [6.45, 7) is 2.97. The SMILES string of the molecule is C#CCCOc1nc(NCCC)ccc1[N+](=O)[O-]. The lowest BCUT2D eigenvalue weighted by molar-refractivity contribution is -0.386. The maximum atomic E-state index is 10.8. The molecular weight excluding hydrogens is 234 g/mol. The summed E-state index contributed by atoms with van der Waals surface area (Å²) in [6, 6.07) is 2.93. The summed E-state index contributed by atoms with van der Waals surface area (Å²) in [5, 5.41) is 13.8.